The molecule has 0 aliphatic carbocycles. The largest absolute Gasteiger partial charge is 0.493 e. The molecule has 1 heterocycles. The fraction of sp³-hybridized carbons (Fsp3) is 0.174. The van der Waals surface area contributed by atoms with E-state index in [0.29, 0.717) is 22.7 Å². The number of nitrogens with one attached hydrogen (secondary N) is 2. The molecule has 2 aromatic rings. The molecule has 32 heavy (non-hydrogen) atoms. The minimum Gasteiger partial charge on any atom is -0.493 e. The topological polar surface area (TPSA) is 97.0 Å². The Morgan fingerprint density at radius 3 is 2.66 bits per heavy atom. The summed E-state index contributed by atoms with van der Waals surface area (Å²) >= 11 is 2.06. The molecule has 0 radical (unpaired) electrons. The van der Waals surface area contributed by atoms with E-state index in [2.05, 4.69) is 39.1 Å². The molecule has 8 nitrogen and oxygen atoms in total. The second-order valence-electron chi connectivity index (χ2n) is 6.82. The van der Waals surface area contributed by atoms with Crippen LogP contribution in [-0.4, -0.2) is 43.0 Å². The second kappa shape index (κ2) is 10.2. The van der Waals surface area contributed by atoms with Gasteiger partial charge in [-0.15, -0.1) is 6.42 Å². The molecule has 164 valence electrons. The second-order valence-corrected chi connectivity index (χ2v) is 7.98. The fourth-order valence-electron chi connectivity index (χ4n) is 2.94. The zero-order valence-electron chi connectivity index (χ0n) is 17.4. The van der Waals surface area contributed by atoms with Crippen molar-refractivity contribution in [1.29, 1.82) is 0 Å². The lowest BCUT2D eigenvalue weighted by molar-refractivity contribution is -0.127. The minimum atomic E-state index is -0.670. The number of ether oxygens (including phenoxy) is 2. The van der Waals surface area contributed by atoms with Gasteiger partial charge in [0.1, 0.15) is 18.8 Å². The molecule has 9 heteroatoms. The standard InChI is InChI=1S/C23H20IN3O5/c1-4-9-32-21-17(24)10-15(12-19(21)31-3)11-18-22(29)27(23(30)26-18)13-20(28)25-16-7-5-14(2)6-8-16/h1,5-8,10-12H,9,13H2,2-3H3,(H,25,28)(H,26,30)/b18-11+. The maximum Gasteiger partial charge on any atom is 0.329 e. The van der Waals surface area contributed by atoms with Crippen molar-refractivity contribution in [3.8, 4) is 23.8 Å². The molecule has 0 bridgehead atoms. The van der Waals surface area contributed by atoms with Crippen LogP contribution in [0.3, 0.4) is 0 Å². The zero-order chi connectivity index (χ0) is 23.3. The van der Waals surface area contributed by atoms with Gasteiger partial charge in [-0.05, 0) is 65.4 Å². The summed E-state index contributed by atoms with van der Waals surface area (Å²) in [5, 5.41) is 5.17. The third-order valence-electron chi connectivity index (χ3n) is 4.46. The number of rotatable bonds is 7. The van der Waals surface area contributed by atoms with Crippen molar-refractivity contribution in [1.82, 2.24) is 10.2 Å². The van der Waals surface area contributed by atoms with Gasteiger partial charge in [0.25, 0.3) is 5.91 Å². The average molecular weight is 545 g/mol. The van der Waals surface area contributed by atoms with Crippen LogP contribution in [0.25, 0.3) is 6.08 Å². The highest BCUT2D eigenvalue weighted by Crippen LogP contribution is 2.34. The Labute approximate surface area is 199 Å². The smallest absolute Gasteiger partial charge is 0.329 e. The van der Waals surface area contributed by atoms with Crippen LogP contribution in [0.4, 0.5) is 10.5 Å². The molecule has 2 N–H and O–H groups in total. The molecule has 0 spiro atoms. The first-order chi connectivity index (χ1) is 15.3. The maximum absolute atomic E-state index is 12.7. The predicted molar refractivity (Wildman–Crippen MR) is 128 cm³/mol. The minimum absolute atomic E-state index is 0.0493. The molecule has 2 aromatic carbocycles. The van der Waals surface area contributed by atoms with Gasteiger partial charge in [-0.1, -0.05) is 23.6 Å². The first kappa shape index (κ1) is 23.1. The molecular formula is C23H20IN3O5. The molecule has 0 atom stereocenters. The molecule has 0 aromatic heterocycles. The van der Waals surface area contributed by atoms with E-state index in [0.717, 1.165) is 14.0 Å². The van der Waals surface area contributed by atoms with Gasteiger partial charge in [0, 0.05) is 5.69 Å². The highest BCUT2D eigenvalue weighted by molar-refractivity contribution is 14.1. The molecule has 0 saturated carbocycles. The third-order valence-corrected chi connectivity index (χ3v) is 5.26. The number of urea groups is 1. The van der Waals surface area contributed by atoms with Crippen molar-refractivity contribution in [2.45, 2.75) is 6.92 Å². The molecule has 1 aliphatic heterocycles. The van der Waals surface area contributed by atoms with Crippen molar-refractivity contribution in [3.05, 3.63) is 56.8 Å². The Morgan fingerprint density at radius 2 is 2.00 bits per heavy atom. The molecular weight excluding hydrogens is 525 g/mol. The van der Waals surface area contributed by atoms with Crippen LogP contribution in [0.1, 0.15) is 11.1 Å². The van der Waals surface area contributed by atoms with E-state index in [9.17, 15) is 14.4 Å². The Balaban J connectivity index is 1.75. The van der Waals surface area contributed by atoms with Crippen molar-refractivity contribution >= 4 is 52.2 Å². The lowest BCUT2D eigenvalue weighted by Gasteiger charge is -2.12. The zero-order valence-corrected chi connectivity index (χ0v) is 19.6. The summed E-state index contributed by atoms with van der Waals surface area (Å²) < 4.78 is 11.6. The SMILES string of the molecule is C#CCOc1c(I)cc(/C=C2/NC(=O)N(CC(=O)Nc3ccc(C)cc3)C2=O)cc1OC. The monoisotopic (exact) mass is 545 g/mol. The number of hydrogen-bond donors (Lipinski definition) is 2. The van der Waals surface area contributed by atoms with Crippen molar-refractivity contribution in [3.63, 3.8) is 0 Å². The number of halogens is 1. The van der Waals surface area contributed by atoms with E-state index >= 15 is 0 Å². The highest BCUT2D eigenvalue weighted by Gasteiger charge is 2.35. The molecule has 3 rings (SSSR count). The summed E-state index contributed by atoms with van der Waals surface area (Å²) in [5.41, 5.74) is 2.29. The molecule has 0 unspecified atom stereocenters. The van der Waals surface area contributed by atoms with E-state index in [4.69, 9.17) is 15.9 Å². The summed E-state index contributed by atoms with van der Waals surface area (Å²) in [5.74, 6) is 2.24. The first-order valence-electron chi connectivity index (χ1n) is 9.47. The summed E-state index contributed by atoms with van der Waals surface area (Å²) in [6, 6.07) is 9.94. The van der Waals surface area contributed by atoms with E-state index in [-0.39, 0.29) is 12.3 Å². The average Bonchev–Trinajstić information content (AvgIpc) is 3.01. The highest BCUT2D eigenvalue weighted by atomic mass is 127. The van der Waals surface area contributed by atoms with E-state index in [1.54, 1.807) is 24.3 Å². The summed E-state index contributed by atoms with van der Waals surface area (Å²) in [4.78, 5) is 38.2. The van der Waals surface area contributed by atoms with Gasteiger partial charge in [-0.2, -0.15) is 0 Å². The Kier molecular flexibility index (Phi) is 7.37. The Hall–Kier alpha value is -3.52. The van der Waals surface area contributed by atoms with Gasteiger partial charge < -0.3 is 20.1 Å². The van der Waals surface area contributed by atoms with Gasteiger partial charge in [-0.3, -0.25) is 9.59 Å². The van der Waals surface area contributed by atoms with Gasteiger partial charge in [0.2, 0.25) is 5.91 Å². The molecule has 1 saturated heterocycles. The maximum atomic E-state index is 12.7. The predicted octanol–water partition coefficient (Wildman–Crippen LogP) is 3.15. The number of benzene rings is 2. The number of methoxy groups -OCH3 is 1. The lowest BCUT2D eigenvalue weighted by atomic mass is 10.1. The number of anilines is 1. The number of carbonyl (C=O) groups is 3. The quantitative estimate of drug-likeness (QED) is 0.241. The number of hydrogen-bond acceptors (Lipinski definition) is 5. The summed E-state index contributed by atoms with van der Waals surface area (Å²) in [6.07, 6.45) is 6.75. The first-order valence-corrected chi connectivity index (χ1v) is 10.5. The van der Waals surface area contributed by atoms with Gasteiger partial charge >= 0.3 is 6.03 Å². The number of nitrogens with zero attached hydrogens (tertiary/aromatic N) is 1. The molecule has 4 amide bonds. The van der Waals surface area contributed by atoms with Gasteiger partial charge in [-0.25, -0.2) is 9.69 Å². The summed E-state index contributed by atoms with van der Waals surface area (Å²) in [7, 11) is 1.49. The Morgan fingerprint density at radius 1 is 1.28 bits per heavy atom. The normalized spacial score (nSPS) is 14.2. The van der Waals surface area contributed by atoms with Crippen molar-refractivity contribution in [2.75, 3.05) is 25.6 Å². The number of amides is 4. The summed E-state index contributed by atoms with van der Waals surface area (Å²) in [6.45, 7) is 1.61. The van der Waals surface area contributed by atoms with Crippen molar-refractivity contribution in [2.24, 2.45) is 0 Å². The van der Waals surface area contributed by atoms with Crippen LogP contribution >= 0.6 is 22.6 Å². The van der Waals surface area contributed by atoms with Gasteiger partial charge in [0.05, 0.1) is 10.7 Å². The van der Waals surface area contributed by atoms with Crippen molar-refractivity contribution < 1.29 is 23.9 Å². The van der Waals surface area contributed by atoms with Crippen LogP contribution in [0.15, 0.2) is 42.1 Å². The molecule has 1 aliphatic rings. The van der Waals surface area contributed by atoms with Crippen LogP contribution in [0.2, 0.25) is 0 Å². The number of carbonyl (C=O) groups excluding carboxylic acids is 3. The number of terminal acetylenes is 1. The van der Waals surface area contributed by atoms with Gasteiger partial charge in [0.15, 0.2) is 11.5 Å². The van der Waals surface area contributed by atoms with E-state index in [1.807, 2.05) is 19.1 Å². The van der Waals surface area contributed by atoms with Crippen LogP contribution in [0.5, 0.6) is 11.5 Å². The van der Waals surface area contributed by atoms with E-state index in [1.165, 1.54) is 13.2 Å². The fourth-order valence-corrected chi connectivity index (χ4v) is 3.72. The van der Waals surface area contributed by atoms with E-state index < -0.39 is 24.4 Å². The van der Waals surface area contributed by atoms with Crippen LogP contribution < -0.4 is 20.1 Å². The molecule has 1 fully saturated rings. The number of aryl methyl sites for hydroxylation is 1. The van der Waals surface area contributed by atoms with Crippen LogP contribution in [0, 0.1) is 22.8 Å². The number of imide groups is 1. The van der Waals surface area contributed by atoms with Crippen LogP contribution in [-0.2, 0) is 9.59 Å². The third kappa shape index (κ3) is 5.39. The Bertz CT molecular complexity index is 1140. The lowest BCUT2D eigenvalue weighted by Crippen LogP contribution is -2.38.